The monoisotopic (exact) mass is 1960 g/mol. The van der Waals surface area contributed by atoms with Crippen LogP contribution in [0.15, 0.2) is 224 Å². The quantitative estimate of drug-likeness (QED) is 0.0134. The summed E-state index contributed by atoms with van der Waals surface area (Å²) < 4.78 is 87.0. The molecule has 33 heteroatoms. The molecule has 5 heterocycles. The molecule has 0 unspecified atom stereocenters. The highest BCUT2D eigenvalue weighted by atomic mass is 35.5. The molecule has 10 aromatic carbocycles. The average molecular weight is 1960 g/mol. The van der Waals surface area contributed by atoms with E-state index in [9.17, 15) is 74.3 Å². The first-order chi connectivity index (χ1) is 68.2. The Morgan fingerprint density at radius 3 is 0.908 bits per heavy atom. The Balaban J connectivity index is 0.000000168. The molecular formula is C108H124ClF6N15O11. The number of Topliss-reactive ketones (excluding diaryl/α,β-unsaturated/α-hetero) is 5. The van der Waals surface area contributed by atoms with Crippen molar-refractivity contribution < 1.29 is 79.0 Å². The highest BCUT2D eigenvalue weighted by Crippen LogP contribution is 2.29. The number of carbonyl (C=O) groups excluding carboxylic acids is 10. The molecule has 0 atom stereocenters. The molecule has 0 aliphatic carbocycles. The lowest BCUT2D eigenvalue weighted by Crippen LogP contribution is -2.44. The number of likely N-dealkylation sites (N-methyl/N-ethyl adjacent to an activating group) is 2. The summed E-state index contributed by atoms with van der Waals surface area (Å²) in [6, 6.07) is 56.4. The van der Waals surface area contributed by atoms with Crippen LogP contribution in [0.5, 0.6) is 5.75 Å². The molecule has 10 aromatic rings. The van der Waals surface area contributed by atoms with Crippen molar-refractivity contribution in [1.82, 2.24) is 50.2 Å². The van der Waals surface area contributed by atoms with Crippen LogP contribution in [-0.2, 0) is 0 Å². The first kappa shape index (κ1) is 109. The van der Waals surface area contributed by atoms with Crippen molar-refractivity contribution >= 4 is 98.5 Å². The van der Waals surface area contributed by atoms with E-state index in [1.54, 1.807) is 140 Å². The molecule has 5 aliphatic rings. The van der Waals surface area contributed by atoms with Gasteiger partial charge in [-0.3, -0.25) is 47.9 Å². The van der Waals surface area contributed by atoms with Gasteiger partial charge in [-0.15, -0.1) is 0 Å². The van der Waals surface area contributed by atoms with Crippen LogP contribution in [0.4, 0.5) is 54.8 Å². The fourth-order valence-corrected chi connectivity index (χ4v) is 16.7. The van der Waals surface area contributed by atoms with Crippen molar-refractivity contribution in [3.8, 4) is 5.75 Å². The van der Waals surface area contributed by atoms with Gasteiger partial charge in [0.25, 0.3) is 29.5 Å². The Morgan fingerprint density at radius 2 is 0.582 bits per heavy atom. The molecule has 5 amide bonds. The van der Waals surface area contributed by atoms with E-state index in [0.717, 1.165) is 220 Å². The second-order valence-electron chi connectivity index (χ2n) is 34.8. The maximum Gasteiger partial charge on any atom is 0.261 e. The smallest absolute Gasteiger partial charge is 0.261 e. The van der Waals surface area contributed by atoms with Crippen LogP contribution in [0.1, 0.15) is 168 Å². The lowest BCUT2D eigenvalue weighted by Gasteiger charge is -2.32. The highest BCUT2D eigenvalue weighted by Gasteiger charge is 2.27. The van der Waals surface area contributed by atoms with E-state index in [2.05, 4.69) is 90.9 Å². The molecule has 0 spiro atoms. The number of rotatable bonds is 36. The first-order valence-electron chi connectivity index (χ1n) is 47.8. The molecular weight excluding hydrogens is 1830 g/mol. The Labute approximate surface area is 824 Å². The van der Waals surface area contributed by atoms with Gasteiger partial charge in [0.2, 0.25) is 0 Å². The van der Waals surface area contributed by atoms with Crippen LogP contribution in [0, 0.1) is 34.9 Å². The van der Waals surface area contributed by atoms with Crippen LogP contribution in [-0.4, -0.2) is 278 Å². The van der Waals surface area contributed by atoms with Gasteiger partial charge in [0.15, 0.2) is 28.9 Å². The summed E-state index contributed by atoms with van der Waals surface area (Å²) in [5, 5.41) is 23.7. The number of para-hydroxylation sites is 5. The zero-order chi connectivity index (χ0) is 100. The Morgan fingerprint density at radius 1 is 0.291 bits per heavy atom. The van der Waals surface area contributed by atoms with Crippen molar-refractivity contribution in [2.75, 3.05) is 211 Å². The Kier molecular flexibility index (Phi) is 44.0. The molecule has 0 saturated carbocycles. The number of ether oxygens (including phenoxy) is 1. The van der Waals surface area contributed by atoms with E-state index in [1.807, 2.05) is 12.1 Å². The van der Waals surface area contributed by atoms with Crippen molar-refractivity contribution in [2.45, 2.75) is 64.2 Å². The lowest BCUT2D eigenvalue weighted by atomic mass is 10.0. The van der Waals surface area contributed by atoms with E-state index < -0.39 is 64.1 Å². The standard InChI is InChI=1S/C22H26ClN3O2.C22H26FN3O3.C22H26FN3O2.2C21H23F2N3O2/c1-25-12-14-26(15-13-25)11-5-10-21(27)19-8-2-3-9-20(19)24-22(28)17-6-4-7-18(23)16-17;1-29-16-8-9-17(19(23)15-16)22(28)25-20-6-3-2-5-18(20)21(27)7-4-12-26-13-10-24-11-14-26;1-25-12-14-26(15-13-25)11-5-10-21(27)19-8-2-3-9-20(19)24-22(28)17-6-4-7-18(23)16-17;22-16-6-3-7-17(23)20(16)21(28)25-18-8-2-1-5-15(18)19(27)9-4-12-26-13-10-24-11-14-26;22-15-7-8-16(18(23)14-15)21(28)25-19-5-2-1-4-17(19)20(27)6-3-11-26-12-9-24-10-13-26/h2-4,6-9,16H,5,10-15H2,1H3,(H,24,28);2-3,5-6,8-9,15,24H,4,7,10-14H2,1H3,(H,25,28);2-4,6-9,16H,5,10-15H2,1H3,(H,24,28);1-3,5-8,24H,4,9-14H2,(H,25,28);1-2,4-5,7-8,14,24H,3,6,9-13H2,(H,25,28). The minimum Gasteiger partial charge on any atom is -0.497 e. The van der Waals surface area contributed by atoms with Gasteiger partial charge in [-0.25, -0.2) is 26.3 Å². The SMILES string of the molecule is CN1CCN(CCCC(=O)c2ccccc2NC(=O)c2cccc(Cl)c2)CC1.CN1CCN(CCCC(=O)c2ccccc2NC(=O)c2cccc(F)c2)CC1.COc1ccc(C(=O)Nc2ccccc2C(=O)CCCN2CCNCC2)c(F)c1.O=C(CCCN1CCNCC1)c1ccccc1NC(=O)c1c(F)cccc1F.O=C(Nc1ccccc1C(=O)CCCN1CCNCC1)c1ccc(F)cc1F. The fourth-order valence-electron chi connectivity index (χ4n) is 16.5. The number of methoxy groups -OCH3 is 1. The molecule has 5 saturated heterocycles. The normalized spacial score (nSPS) is 14.9. The summed E-state index contributed by atoms with van der Waals surface area (Å²) in [4.78, 5) is 142. The topological polar surface area (TPSA) is 299 Å². The number of amides is 5. The Hall–Kier alpha value is -12.8. The maximum atomic E-state index is 14.2. The highest BCUT2D eigenvalue weighted by molar-refractivity contribution is 6.31. The average Bonchev–Trinajstić information content (AvgIpc) is 0.805. The fraction of sp³-hybridized carbons (Fsp3) is 0.352. The second-order valence-corrected chi connectivity index (χ2v) is 35.2. The largest absolute Gasteiger partial charge is 0.497 e. The molecule has 26 nitrogen and oxygen atoms in total. The third-order valence-electron chi connectivity index (χ3n) is 24.5. The van der Waals surface area contributed by atoms with E-state index in [-0.39, 0.29) is 57.2 Å². The van der Waals surface area contributed by atoms with E-state index in [4.69, 9.17) is 16.3 Å². The van der Waals surface area contributed by atoms with E-state index in [1.165, 1.54) is 43.5 Å². The minimum atomic E-state index is -0.947. The molecule has 0 aromatic heterocycles. The molecule has 15 rings (SSSR count). The Bertz CT molecular complexity index is 5710. The van der Waals surface area contributed by atoms with Gasteiger partial charge < -0.3 is 81.6 Å². The molecule has 141 heavy (non-hydrogen) atoms. The molecule has 5 aliphatic heterocycles. The first-order valence-corrected chi connectivity index (χ1v) is 48.1. The number of hydrogen-bond donors (Lipinski definition) is 8. The van der Waals surface area contributed by atoms with Crippen LogP contribution in [0.3, 0.4) is 0 Å². The van der Waals surface area contributed by atoms with Gasteiger partial charge in [-0.1, -0.05) is 90.5 Å². The third kappa shape index (κ3) is 35.1. The number of benzene rings is 10. The summed E-state index contributed by atoms with van der Waals surface area (Å²) in [5.74, 6) is -7.54. The van der Waals surface area contributed by atoms with Gasteiger partial charge in [0.05, 0.1) is 46.7 Å². The molecule has 8 N–H and O–H groups in total. The number of nitrogens with zero attached hydrogens (tertiary/aromatic N) is 7. The maximum absolute atomic E-state index is 14.2. The zero-order valence-corrected chi connectivity index (χ0v) is 80.6. The number of piperazine rings is 5. The van der Waals surface area contributed by atoms with Crippen LogP contribution in [0.25, 0.3) is 0 Å². The van der Waals surface area contributed by atoms with E-state index >= 15 is 0 Å². The van der Waals surface area contributed by atoms with Gasteiger partial charge >= 0.3 is 0 Å². The minimum absolute atomic E-state index is 0.00395. The summed E-state index contributed by atoms with van der Waals surface area (Å²) >= 11 is 5.96. The number of halogens is 7. The summed E-state index contributed by atoms with van der Waals surface area (Å²) in [5.41, 5.74) is 3.81. The van der Waals surface area contributed by atoms with Gasteiger partial charge in [-0.05, 0) is 212 Å². The van der Waals surface area contributed by atoms with Gasteiger partial charge in [0.1, 0.15) is 46.2 Å². The number of hydrogen-bond acceptors (Lipinski definition) is 21. The summed E-state index contributed by atoms with van der Waals surface area (Å²) in [6.45, 7) is 24.5. The van der Waals surface area contributed by atoms with Gasteiger partial charge in [-0.2, -0.15) is 0 Å². The van der Waals surface area contributed by atoms with Crippen molar-refractivity contribution in [3.05, 3.63) is 320 Å². The lowest BCUT2D eigenvalue weighted by molar-refractivity contribution is 0.0959. The third-order valence-corrected chi connectivity index (χ3v) is 24.8. The molecule has 746 valence electrons. The van der Waals surface area contributed by atoms with E-state index in [0.29, 0.717) is 111 Å². The number of ketones is 5. The zero-order valence-electron chi connectivity index (χ0n) is 79.9. The summed E-state index contributed by atoms with van der Waals surface area (Å²) in [7, 11) is 5.68. The van der Waals surface area contributed by atoms with Crippen molar-refractivity contribution in [2.24, 2.45) is 0 Å². The van der Waals surface area contributed by atoms with Crippen LogP contribution < -0.4 is 47.3 Å². The van der Waals surface area contributed by atoms with Crippen LogP contribution in [0.2, 0.25) is 5.02 Å². The van der Waals surface area contributed by atoms with Crippen molar-refractivity contribution in [3.63, 3.8) is 0 Å². The predicted molar refractivity (Wildman–Crippen MR) is 539 cm³/mol. The molecule has 0 bridgehead atoms. The number of anilines is 5. The predicted octanol–water partition coefficient (Wildman–Crippen LogP) is 16.2. The molecule has 5 fully saturated rings. The van der Waals surface area contributed by atoms with Crippen LogP contribution >= 0.6 is 11.6 Å². The summed E-state index contributed by atoms with van der Waals surface area (Å²) in [6.07, 6.45) is 5.80. The number of carbonyl (C=O) groups is 10. The van der Waals surface area contributed by atoms with Crippen molar-refractivity contribution in [1.29, 1.82) is 0 Å². The molecule has 0 radical (unpaired) electrons. The second kappa shape index (κ2) is 57.2. The van der Waals surface area contributed by atoms with Gasteiger partial charge in [0, 0.05) is 219 Å². The number of nitrogens with one attached hydrogen (secondary N) is 8.